The normalized spacial score (nSPS) is 21.8. The van der Waals surface area contributed by atoms with E-state index in [-0.39, 0.29) is 0 Å². The van der Waals surface area contributed by atoms with Gasteiger partial charge in [-0.3, -0.25) is 0 Å². The molecule has 100 valence electrons. The van der Waals surface area contributed by atoms with Crippen molar-refractivity contribution in [2.24, 2.45) is 5.41 Å². The maximum atomic E-state index is 3.69. The van der Waals surface area contributed by atoms with Gasteiger partial charge in [0.1, 0.15) is 0 Å². The Morgan fingerprint density at radius 2 is 2.06 bits per heavy atom. The highest BCUT2D eigenvalue weighted by atomic mass is 15.2. The first-order valence-electron chi connectivity index (χ1n) is 7.02. The number of benzene rings is 1. The highest BCUT2D eigenvalue weighted by Gasteiger charge is 2.28. The maximum Gasteiger partial charge on any atom is 0.0369 e. The zero-order chi connectivity index (χ0) is 13.2. The molecule has 2 rings (SSSR count). The van der Waals surface area contributed by atoms with Crippen LogP contribution in [0.15, 0.2) is 24.3 Å². The van der Waals surface area contributed by atoms with Gasteiger partial charge in [-0.1, -0.05) is 32.9 Å². The van der Waals surface area contributed by atoms with Gasteiger partial charge < -0.3 is 10.2 Å². The van der Waals surface area contributed by atoms with Crippen molar-refractivity contribution in [3.63, 3.8) is 0 Å². The van der Waals surface area contributed by atoms with Gasteiger partial charge in [-0.2, -0.15) is 0 Å². The lowest BCUT2D eigenvalue weighted by molar-refractivity contribution is 0.280. The lowest BCUT2D eigenvalue weighted by Gasteiger charge is -2.34. The molecule has 0 saturated carbocycles. The average Bonchev–Trinajstić information content (AvgIpc) is 2.53. The van der Waals surface area contributed by atoms with E-state index >= 15 is 0 Å². The lowest BCUT2D eigenvalue weighted by Crippen LogP contribution is -2.46. The Morgan fingerprint density at radius 3 is 2.72 bits per heavy atom. The van der Waals surface area contributed by atoms with Crippen LogP contribution < -0.4 is 10.2 Å². The van der Waals surface area contributed by atoms with E-state index in [1.165, 1.54) is 17.7 Å². The van der Waals surface area contributed by atoms with E-state index in [1.807, 2.05) is 0 Å². The van der Waals surface area contributed by atoms with Crippen LogP contribution in [0.3, 0.4) is 0 Å². The van der Waals surface area contributed by atoms with E-state index in [0.717, 1.165) is 19.6 Å². The van der Waals surface area contributed by atoms with Crippen molar-refractivity contribution >= 4 is 5.69 Å². The van der Waals surface area contributed by atoms with Crippen LogP contribution in [0, 0.1) is 12.3 Å². The minimum Gasteiger partial charge on any atom is -0.370 e. The standard InChI is InChI=1S/C16H26N2/c1-13-7-5-8-14(11-13)18-10-6-9-17-15(12-18)16(2,3)4/h5,7-8,11,15,17H,6,9-10,12H2,1-4H3. The topological polar surface area (TPSA) is 15.3 Å². The molecule has 18 heavy (non-hydrogen) atoms. The van der Waals surface area contributed by atoms with Gasteiger partial charge in [0, 0.05) is 24.8 Å². The van der Waals surface area contributed by atoms with Gasteiger partial charge in [0.25, 0.3) is 0 Å². The molecule has 1 aromatic carbocycles. The summed E-state index contributed by atoms with van der Waals surface area (Å²) in [5.74, 6) is 0. The zero-order valence-corrected chi connectivity index (χ0v) is 12.2. The molecule has 1 N–H and O–H groups in total. The summed E-state index contributed by atoms with van der Waals surface area (Å²) in [5, 5.41) is 3.69. The SMILES string of the molecule is Cc1cccc(N2CCCNC(C(C)(C)C)C2)c1. The van der Waals surface area contributed by atoms with Crippen LogP contribution in [-0.4, -0.2) is 25.7 Å². The van der Waals surface area contributed by atoms with Crippen LogP contribution in [0.5, 0.6) is 0 Å². The minimum atomic E-state index is 0.312. The van der Waals surface area contributed by atoms with E-state index in [2.05, 4.69) is 62.2 Å². The fourth-order valence-electron chi connectivity index (χ4n) is 2.56. The van der Waals surface area contributed by atoms with Crippen LogP contribution in [0.4, 0.5) is 5.69 Å². The highest BCUT2D eigenvalue weighted by Crippen LogP contribution is 2.25. The first-order valence-corrected chi connectivity index (χ1v) is 7.02. The molecule has 0 spiro atoms. The van der Waals surface area contributed by atoms with Gasteiger partial charge in [-0.25, -0.2) is 0 Å². The van der Waals surface area contributed by atoms with Crippen molar-refractivity contribution < 1.29 is 0 Å². The molecule has 2 heteroatoms. The van der Waals surface area contributed by atoms with Crippen LogP contribution >= 0.6 is 0 Å². The fourth-order valence-corrected chi connectivity index (χ4v) is 2.56. The van der Waals surface area contributed by atoms with Crippen molar-refractivity contribution in [1.29, 1.82) is 0 Å². The summed E-state index contributed by atoms with van der Waals surface area (Å²) in [6.45, 7) is 12.5. The second-order valence-corrected chi connectivity index (χ2v) is 6.51. The Morgan fingerprint density at radius 1 is 1.28 bits per heavy atom. The van der Waals surface area contributed by atoms with Crippen LogP contribution in [-0.2, 0) is 0 Å². The predicted molar refractivity (Wildman–Crippen MR) is 79.3 cm³/mol. The third-order valence-electron chi connectivity index (χ3n) is 3.81. The predicted octanol–water partition coefficient (Wildman–Crippen LogP) is 3.21. The summed E-state index contributed by atoms with van der Waals surface area (Å²) in [6.07, 6.45) is 1.22. The van der Waals surface area contributed by atoms with Crippen LogP contribution in [0.1, 0.15) is 32.8 Å². The quantitative estimate of drug-likeness (QED) is 0.818. The van der Waals surface area contributed by atoms with E-state index in [0.29, 0.717) is 11.5 Å². The average molecular weight is 246 g/mol. The van der Waals surface area contributed by atoms with Crippen molar-refractivity contribution in [3.05, 3.63) is 29.8 Å². The molecule has 0 amide bonds. The molecule has 1 aliphatic heterocycles. The van der Waals surface area contributed by atoms with Gasteiger partial charge in [0.2, 0.25) is 0 Å². The first-order chi connectivity index (χ1) is 8.47. The maximum absolute atomic E-state index is 3.69. The fraction of sp³-hybridized carbons (Fsp3) is 0.625. The smallest absolute Gasteiger partial charge is 0.0369 e. The molecule has 2 nitrogen and oxygen atoms in total. The number of aryl methyl sites for hydroxylation is 1. The summed E-state index contributed by atoms with van der Waals surface area (Å²) in [6, 6.07) is 9.42. The Balaban J connectivity index is 2.17. The Bertz CT molecular complexity index is 392. The van der Waals surface area contributed by atoms with Crippen molar-refractivity contribution in [2.45, 2.75) is 40.2 Å². The summed E-state index contributed by atoms with van der Waals surface area (Å²) in [4.78, 5) is 2.53. The van der Waals surface area contributed by atoms with E-state index in [9.17, 15) is 0 Å². The Hall–Kier alpha value is -1.02. The molecule has 0 bridgehead atoms. The Labute approximate surface area is 111 Å². The molecule has 1 heterocycles. The van der Waals surface area contributed by atoms with Gasteiger partial charge in [-0.05, 0) is 43.0 Å². The third kappa shape index (κ3) is 3.26. The molecule has 0 radical (unpaired) electrons. The molecule has 0 aromatic heterocycles. The van der Waals surface area contributed by atoms with E-state index in [1.54, 1.807) is 0 Å². The largest absolute Gasteiger partial charge is 0.370 e. The number of hydrogen-bond donors (Lipinski definition) is 1. The molecule has 1 atom stereocenters. The highest BCUT2D eigenvalue weighted by molar-refractivity contribution is 5.48. The lowest BCUT2D eigenvalue weighted by atomic mass is 9.86. The summed E-state index contributed by atoms with van der Waals surface area (Å²) < 4.78 is 0. The van der Waals surface area contributed by atoms with Crippen LogP contribution in [0.2, 0.25) is 0 Å². The first kappa shape index (κ1) is 13.4. The molecule has 1 aromatic rings. The minimum absolute atomic E-state index is 0.312. The van der Waals surface area contributed by atoms with Gasteiger partial charge >= 0.3 is 0 Å². The second-order valence-electron chi connectivity index (χ2n) is 6.51. The Kier molecular flexibility index (Phi) is 3.96. The number of anilines is 1. The van der Waals surface area contributed by atoms with Crippen molar-refractivity contribution in [3.8, 4) is 0 Å². The molecule has 1 aliphatic rings. The van der Waals surface area contributed by atoms with Gasteiger partial charge in [0.15, 0.2) is 0 Å². The molecule has 0 aliphatic carbocycles. The monoisotopic (exact) mass is 246 g/mol. The van der Waals surface area contributed by atoms with Crippen molar-refractivity contribution in [2.75, 3.05) is 24.5 Å². The summed E-state index contributed by atoms with van der Waals surface area (Å²) in [7, 11) is 0. The van der Waals surface area contributed by atoms with E-state index < -0.39 is 0 Å². The van der Waals surface area contributed by atoms with Gasteiger partial charge in [0.05, 0.1) is 0 Å². The summed E-state index contributed by atoms with van der Waals surface area (Å²) >= 11 is 0. The number of nitrogens with zero attached hydrogens (tertiary/aromatic N) is 1. The molecular formula is C16H26N2. The summed E-state index contributed by atoms with van der Waals surface area (Å²) in [5.41, 5.74) is 3.02. The number of nitrogens with one attached hydrogen (secondary N) is 1. The third-order valence-corrected chi connectivity index (χ3v) is 3.81. The zero-order valence-electron chi connectivity index (χ0n) is 12.2. The van der Waals surface area contributed by atoms with E-state index in [4.69, 9.17) is 0 Å². The number of hydrogen-bond acceptors (Lipinski definition) is 2. The molecule has 1 saturated heterocycles. The molecule has 1 unspecified atom stereocenters. The van der Waals surface area contributed by atoms with Crippen LogP contribution in [0.25, 0.3) is 0 Å². The number of rotatable bonds is 1. The molecule has 1 fully saturated rings. The second kappa shape index (κ2) is 5.31. The molecular weight excluding hydrogens is 220 g/mol. The van der Waals surface area contributed by atoms with Gasteiger partial charge in [-0.15, -0.1) is 0 Å². The van der Waals surface area contributed by atoms with Crippen molar-refractivity contribution in [1.82, 2.24) is 5.32 Å².